The topological polar surface area (TPSA) is 73.9 Å². The van der Waals surface area contributed by atoms with Crippen LogP contribution in [0.1, 0.15) is 25.3 Å². The van der Waals surface area contributed by atoms with Crippen LogP contribution in [-0.2, 0) is 10.0 Å². The molecule has 2 aromatic rings. The maximum absolute atomic E-state index is 12.7. The van der Waals surface area contributed by atoms with Crippen molar-refractivity contribution in [2.75, 3.05) is 26.1 Å². The minimum absolute atomic E-state index is 0.131. The predicted octanol–water partition coefficient (Wildman–Crippen LogP) is 3.64. The zero-order chi connectivity index (χ0) is 18.6. The first-order valence-electron chi connectivity index (χ1n) is 7.75. The highest BCUT2D eigenvalue weighted by Crippen LogP contribution is 2.32. The van der Waals surface area contributed by atoms with E-state index >= 15 is 0 Å². The molecular formula is C18H23NO5S. The maximum atomic E-state index is 12.7. The lowest BCUT2D eigenvalue weighted by Gasteiger charge is -2.15. The third-order valence-corrected chi connectivity index (χ3v) is 5.15. The van der Waals surface area contributed by atoms with Crippen molar-refractivity contribution in [3.05, 3.63) is 42.0 Å². The molecule has 0 saturated carbocycles. The standard InChI is InChI=1S/C18H23NO5S/c1-12(2)15-11-14(7-9-16(15)22-3)25(20,21)19-13-6-8-17(23-4)18(10-13)24-5/h6-12,19H,1-5H3. The Morgan fingerprint density at radius 2 is 1.44 bits per heavy atom. The van der Waals surface area contributed by atoms with Crippen molar-refractivity contribution in [3.63, 3.8) is 0 Å². The van der Waals surface area contributed by atoms with Crippen LogP contribution in [-0.4, -0.2) is 29.7 Å². The Morgan fingerprint density at radius 3 is 2.00 bits per heavy atom. The van der Waals surface area contributed by atoms with Crippen molar-refractivity contribution in [3.8, 4) is 17.2 Å². The Balaban J connectivity index is 2.38. The lowest BCUT2D eigenvalue weighted by atomic mass is 10.0. The fourth-order valence-electron chi connectivity index (χ4n) is 2.44. The number of nitrogens with one attached hydrogen (secondary N) is 1. The third kappa shape index (κ3) is 4.17. The third-order valence-electron chi connectivity index (χ3n) is 3.77. The van der Waals surface area contributed by atoms with Crippen LogP contribution in [0.2, 0.25) is 0 Å². The second-order valence-electron chi connectivity index (χ2n) is 5.73. The largest absolute Gasteiger partial charge is 0.496 e. The number of anilines is 1. The molecule has 0 fully saturated rings. The van der Waals surface area contributed by atoms with Gasteiger partial charge >= 0.3 is 0 Å². The van der Waals surface area contributed by atoms with Gasteiger partial charge in [0.15, 0.2) is 11.5 Å². The van der Waals surface area contributed by atoms with Gasteiger partial charge in [0.1, 0.15) is 5.75 Å². The fraction of sp³-hybridized carbons (Fsp3) is 0.333. The van der Waals surface area contributed by atoms with Crippen LogP contribution in [0, 0.1) is 0 Å². The van der Waals surface area contributed by atoms with Crippen LogP contribution in [0.25, 0.3) is 0 Å². The molecule has 0 saturated heterocycles. The number of sulfonamides is 1. The summed E-state index contributed by atoms with van der Waals surface area (Å²) in [5.74, 6) is 1.77. The summed E-state index contributed by atoms with van der Waals surface area (Å²) in [7, 11) is 0.841. The Morgan fingerprint density at radius 1 is 0.840 bits per heavy atom. The highest BCUT2D eigenvalue weighted by molar-refractivity contribution is 7.92. The molecule has 0 spiro atoms. The van der Waals surface area contributed by atoms with Crippen LogP contribution < -0.4 is 18.9 Å². The molecular weight excluding hydrogens is 342 g/mol. The molecule has 0 atom stereocenters. The summed E-state index contributed by atoms with van der Waals surface area (Å²) in [5, 5.41) is 0. The highest BCUT2D eigenvalue weighted by Gasteiger charge is 2.18. The second-order valence-corrected chi connectivity index (χ2v) is 7.42. The average molecular weight is 365 g/mol. The van der Waals surface area contributed by atoms with Crippen molar-refractivity contribution in [1.29, 1.82) is 0 Å². The fourth-order valence-corrected chi connectivity index (χ4v) is 3.53. The molecule has 6 nitrogen and oxygen atoms in total. The highest BCUT2D eigenvalue weighted by atomic mass is 32.2. The quantitative estimate of drug-likeness (QED) is 0.811. The zero-order valence-corrected chi connectivity index (χ0v) is 15.8. The normalized spacial score (nSPS) is 11.3. The molecule has 0 aliphatic rings. The lowest BCUT2D eigenvalue weighted by Crippen LogP contribution is -2.13. The van der Waals surface area contributed by atoms with Crippen LogP contribution in [0.3, 0.4) is 0 Å². The Kier molecular flexibility index (Phi) is 5.79. The van der Waals surface area contributed by atoms with Gasteiger partial charge in [0.05, 0.1) is 31.9 Å². The summed E-state index contributed by atoms with van der Waals surface area (Å²) in [6.07, 6.45) is 0. The molecule has 136 valence electrons. The van der Waals surface area contributed by atoms with E-state index in [1.54, 1.807) is 37.4 Å². The molecule has 0 amide bonds. The molecule has 0 aliphatic heterocycles. The first kappa shape index (κ1) is 18.9. The summed E-state index contributed by atoms with van der Waals surface area (Å²) < 4.78 is 43.6. The summed E-state index contributed by atoms with van der Waals surface area (Å²) in [6.45, 7) is 3.96. The van der Waals surface area contributed by atoms with Crippen molar-refractivity contribution in [1.82, 2.24) is 0 Å². The number of rotatable bonds is 7. The van der Waals surface area contributed by atoms with E-state index in [4.69, 9.17) is 14.2 Å². The monoisotopic (exact) mass is 365 g/mol. The molecule has 0 radical (unpaired) electrons. The molecule has 0 aromatic heterocycles. The van der Waals surface area contributed by atoms with Gasteiger partial charge in [0, 0.05) is 6.07 Å². The van der Waals surface area contributed by atoms with Gasteiger partial charge in [-0.2, -0.15) is 0 Å². The summed E-state index contributed by atoms with van der Waals surface area (Å²) in [4.78, 5) is 0.173. The molecule has 2 aromatic carbocycles. The number of benzene rings is 2. The van der Waals surface area contributed by atoms with Gasteiger partial charge in [-0.15, -0.1) is 0 Å². The molecule has 0 bridgehead atoms. The smallest absolute Gasteiger partial charge is 0.261 e. The first-order valence-corrected chi connectivity index (χ1v) is 9.23. The van der Waals surface area contributed by atoms with E-state index in [0.717, 1.165) is 5.56 Å². The number of ether oxygens (including phenoxy) is 3. The lowest BCUT2D eigenvalue weighted by molar-refractivity contribution is 0.355. The SMILES string of the molecule is COc1ccc(NS(=O)(=O)c2ccc(OC)c(C(C)C)c2)cc1OC. The molecule has 1 N–H and O–H groups in total. The van der Waals surface area contributed by atoms with E-state index in [1.165, 1.54) is 20.3 Å². The Hall–Kier alpha value is -2.41. The minimum atomic E-state index is -3.74. The maximum Gasteiger partial charge on any atom is 0.261 e. The average Bonchev–Trinajstić information content (AvgIpc) is 2.60. The van der Waals surface area contributed by atoms with Gasteiger partial charge in [0.2, 0.25) is 0 Å². The van der Waals surface area contributed by atoms with Gasteiger partial charge in [-0.25, -0.2) is 8.42 Å². The number of methoxy groups -OCH3 is 3. The number of hydrogen-bond donors (Lipinski definition) is 1. The van der Waals surface area contributed by atoms with Gasteiger partial charge in [0.25, 0.3) is 10.0 Å². The minimum Gasteiger partial charge on any atom is -0.496 e. The zero-order valence-electron chi connectivity index (χ0n) is 15.0. The molecule has 0 heterocycles. The van der Waals surface area contributed by atoms with E-state index in [0.29, 0.717) is 22.9 Å². The van der Waals surface area contributed by atoms with Gasteiger partial charge < -0.3 is 14.2 Å². The second kappa shape index (κ2) is 7.65. The van der Waals surface area contributed by atoms with Crippen LogP contribution in [0.4, 0.5) is 5.69 Å². The van der Waals surface area contributed by atoms with Crippen LogP contribution >= 0.6 is 0 Å². The molecule has 0 aliphatic carbocycles. The van der Waals surface area contributed by atoms with Crippen molar-refractivity contribution in [2.45, 2.75) is 24.7 Å². The van der Waals surface area contributed by atoms with Crippen molar-refractivity contribution in [2.24, 2.45) is 0 Å². The van der Waals surface area contributed by atoms with E-state index in [9.17, 15) is 8.42 Å². The van der Waals surface area contributed by atoms with E-state index in [2.05, 4.69) is 4.72 Å². The van der Waals surface area contributed by atoms with Gasteiger partial charge in [-0.05, 0) is 41.8 Å². The van der Waals surface area contributed by atoms with Crippen molar-refractivity contribution < 1.29 is 22.6 Å². The van der Waals surface area contributed by atoms with Crippen LogP contribution in [0.5, 0.6) is 17.2 Å². The number of hydrogen-bond acceptors (Lipinski definition) is 5. The Labute approximate surface area is 148 Å². The molecule has 2 rings (SSSR count). The summed E-state index contributed by atoms with van der Waals surface area (Å²) >= 11 is 0. The predicted molar refractivity (Wildman–Crippen MR) is 97.4 cm³/mol. The first-order chi connectivity index (χ1) is 11.8. The molecule has 25 heavy (non-hydrogen) atoms. The molecule has 7 heteroatoms. The van der Waals surface area contributed by atoms with E-state index in [1.807, 2.05) is 13.8 Å². The van der Waals surface area contributed by atoms with Gasteiger partial charge in [-0.1, -0.05) is 13.8 Å². The summed E-state index contributed by atoms with van der Waals surface area (Å²) in [5.41, 5.74) is 1.22. The van der Waals surface area contributed by atoms with Gasteiger partial charge in [-0.3, -0.25) is 4.72 Å². The summed E-state index contributed by atoms with van der Waals surface area (Å²) in [6, 6.07) is 9.65. The van der Waals surface area contributed by atoms with E-state index < -0.39 is 10.0 Å². The van der Waals surface area contributed by atoms with Crippen molar-refractivity contribution >= 4 is 15.7 Å². The van der Waals surface area contributed by atoms with E-state index in [-0.39, 0.29) is 10.8 Å². The Bertz CT molecular complexity index is 847. The molecule has 0 unspecified atom stereocenters. The van der Waals surface area contributed by atoms with Crippen LogP contribution in [0.15, 0.2) is 41.3 Å².